The van der Waals surface area contributed by atoms with Crippen molar-refractivity contribution in [3.8, 4) is 0 Å². The van der Waals surface area contributed by atoms with E-state index in [2.05, 4.69) is 79.3 Å². The minimum Gasteiger partial charge on any atom is -0.461 e. The van der Waals surface area contributed by atoms with Gasteiger partial charge in [-0.3, -0.25) is 4.79 Å². The molecule has 0 N–H and O–H groups in total. The van der Waals surface area contributed by atoms with E-state index in [0.717, 1.165) is 49.8 Å². The Morgan fingerprint density at radius 3 is 1.67 bits per heavy atom. The van der Waals surface area contributed by atoms with Gasteiger partial charge in [-0.15, -0.1) is 0 Å². The molecule has 0 fully saturated rings. The van der Waals surface area contributed by atoms with Crippen LogP contribution in [0.4, 0.5) is 0 Å². The zero-order chi connectivity index (χ0) is 32.8. The van der Waals surface area contributed by atoms with Crippen molar-refractivity contribution < 1.29 is 26.0 Å². The van der Waals surface area contributed by atoms with Crippen molar-refractivity contribution in [2.24, 2.45) is 5.92 Å². The van der Waals surface area contributed by atoms with Crippen LogP contribution in [0, 0.1) is 5.92 Å². The Balaban J connectivity index is 2.55. The highest BCUT2D eigenvalue weighted by Crippen LogP contribution is 2.31. The molecule has 0 aliphatic rings. The van der Waals surface area contributed by atoms with Gasteiger partial charge in [-0.1, -0.05) is 95.5 Å². The predicted octanol–water partition coefficient (Wildman–Crippen LogP) is 10.5. The van der Waals surface area contributed by atoms with E-state index in [4.69, 9.17) is 21.2 Å². The lowest BCUT2D eigenvalue weighted by Crippen LogP contribution is -2.59. The van der Waals surface area contributed by atoms with Crippen molar-refractivity contribution in [1.82, 2.24) is 0 Å². The summed E-state index contributed by atoms with van der Waals surface area (Å²) in [6.45, 7) is 27.3. The van der Waals surface area contributed by atoms with Crippen molar-refractivity contribution in [3.05, 3.63) is 35.9 Å². The standard InChI is InChI=1S/C32H66O6Si5/c1-13-14-26-42(11,35-39(3,4)5)37-41(9,10)38-43(12,36-40(6,7)8)27-22-17-15-16-19-23-30(2)28-32(33)34-29-31-24-20-18-21-25-31/h18,20-21,24-25,30H,13-17,19,22-23,26-29H2,1-12H3. The number of benzene rings is 1. The molecule has 0 bridgehead atoms. The monoisotopic (exact) mass is 686 g/mol. The molecule has 0 saturated carbocycles. The van der Waals surface area contributed by atoms with Gasteiger partial charge in [-0.2, -0.15) is 0 Å². The van der Waals surface area contributed by atoms with Gasteiger partial charge in [0.15, 0.2) is 16.6 Å². The van der Waals surface area contributed by atoms with Crippen LogP contribution in [0.15, 0.2) is 30.3 Å². The smallest absolute Gasteiger partial charge is 0.315 e. The number of esters is 1. The normalized spacial score (nSPS) is 16.4. The van der Waals surface area contributed by atoms with Gasteiger partial charge in [0.25, 0.3) is 0 Å². The third-order valence-corrected chi connectivity index (χ3v) is 25.3. The number of hydrogen-bond acceptors (Lipinski definition) is 6. The second kappa shape index (κ2) is 18.7. The van der Waals surface area contributed by atoms with E-state index in [1.165, 1.54) is 19.3 Å². The number of ether oxygens (including phenoxy) is 1. The van der Waals surface area contributed by atoms with Crippen molar-refractivity contribution in [2.75, 3.05) is 0 Å². The summed E-state index contributed by atoms with van der Waals surface area (Å²) >= 11 is 0. The largest absolute Gasteiger partial charge is 0.461 e. The number of rotatable bonds is 23. The number of unbranched alkanes of at least 4 members (excludes halogenated alkanes) is 5. The Hall–Kier alpha value is -0.386. The Kier molecular flexibility index (Phi) is 17.7. The lowest BCUT2D eigenvalue weighted by molar-refractivity contribution is -0.146. The topological polar surface area (TPSA) is 63.2 Å². The highest BCUT2D eigenvalue weighted by atomic mass is 28.5. The fraction of sp³-hybridized carbons (Fsp3) is 0.781. The van der Waals surface area contributed by atoms with Crippen LogP contribution in [0.5, 0.6) is 0 Å². The second-order valence-electron chi connectivity index (χ2n) is 15.2. The third kappa shape index (κ3) is 20.4. The van der Waals surface area contributed by atoms with E-state index in [0.29, 0.717) is 18.9 Å². The van der Waals surface area contributed by atoms with E-state index in [1.807, 2.05) is 30.3 Å². The lowest BCUT2D eigenvalue weighted by atomic mass is 9.99. The molecule has 0 aromatic heterocycles. The predicted molar refractivity (Wildman–Crippen MR) is 194 cm³/mol. The van der Waals surface area contributed by atoms with Crippen LogP contribution >= 0.6 is 0 Å². The molecule has 0 aliphatic carbocycles. The average molecular weight is 687 g/mol. The fourth-order valence-electron chi connectivity index (χ4n) is 5.75. The molecule has 1 rings (SSSR count). The summed E-state index contributed by atoms with van der Waals surface area (Å²) in [7, 11) is -10.8. The Bertz CT molecular complexity index is 921. The highest BCUT2D eigenvalue weighted by Gasteiger charge is 2.47. The molecule has 0 spiro atoms. The molecule has 0 saturated heterocycles. The van der Waals surface area contributed by atoms with Crippen LogP contribution in [-0.2, 0) is 32.6 Å². The molecular weight excluding hydrogens is 621 g/mol. The van der Waals surface area contributed by atoms with E-state index in [1.54, 1.807) is 0 Å². The first-order chi connectivity index (χ1) is 19.8. The number of carbonyl (C=O) groups excluding carboxylic acids is 1. The summed E-state index contributed by atoms with van der Waals surface area (Å²) in [4.78, 5) is 12.2. The molecule has 6 nitrogen and oxygen atoms in total. The first kappa shape index (κ1) is 40.6. The molecule has 1 aromatic rings. The lowest BCUT2D eigenvalue weighted by Gasteiger charge is -2.44. The van der Waals surface area contributed by atoms with Crippen LogP contribution in [0.25, 0.3) is 0 Å². The SMILES string of the molecule is CCCC[Si](C)(O[Si](C)(C)C)O[Si](C)(C)O[Si](C)(CCCCCCCC(C)CC(=O)OCc1ccccc1)O[Si](C)(C)C. The zero-order valence-electron chi connectivity index (χ0n) is 29.9. The Morgan fingerprint density at radius 2 is 1.16 bits per heavy atom. The van der Waals surface area contributed by atoms with Crippen LogP contribution < -0.4 is 0 Å². The molecule has 0 radical (unpaired) electrons. The van der Waals surface area contributed by atoms with E-state index in [-0.39, 0.29) is 5.97 Å². The maximum absolute atomic E-state index is 12.2. The first-order valence-corrected chi connectivity index (χ1v) is 31.4. The molecule has 43 heavy (non-hydrogen) atoms. The third-order valence-electron chi connectivity index (χ3n) is 7.04. The summed E-state index contributed by atoms with van der Waals surface area (Å²) in [5.74, 6) is 0.250. The van der Waals surface area contributed by atoms with Gasteiger partial charge in [-0.25, -0.2) is 0 Å². The van der Waals surface area contributed by atoms with Crippen LogP contribution in [0.1, 0.15) is 77.2 Å². The number of hydrogen-bond donors (Lipinski definition) is 0. The molecule has 0 amide bonds. The highest BCUT2D eigenvalue weighted by molar-refractivity contribution is 6.90. The quantitative estimate of drug-likeness (QED) is 0.0649. The van der Waals surface area contributed by atoms with Crippen LogP contribution in [-0.4, -0.2) is 48.3 Å². The zero-order valence-corrected chi connectivity index (χ0v) is 34.9. The molecule has 11 heteroatoms. The average Bonchev–Trinajstić information content (AvgIpc) is 2.83. The van der Waals surface area contributed by atoms with E-state index < -0.39 is 42.3 Å². The molecule has 1 aromatic carbocycles. The summed E-state index contributed by atoms with van der Waals surface area (Å²) in [6.07, 6.45) is 9.68. The summed E-state index contributed by atoms with van der Waals surface area (Å²) in [5, 5.41) is 0. The Labute approximate surface area is 271 Å². The van der Waals surface area contributed by atoms with E-state index >= 15 is 0 Å². The van der Waals surface area contributed by atoms with Gasteiger partial charge in [0.05, 0.1) is 0 Å². The minimum absolute atomic E-state index is 0.0983. The van der Waals surface area contributed by atoms with Crippen molar-refractivity contribution in [1.29, 1.82) is 0 Å². The van der Waals surface area contributed by atoms with Crippen molar-refractivity contribution in [3.63, 3.8) is 0 Å². The van der Waals surface area contributed by atoms with Crippen LogP contribution in [0.2, 0.25) is 77.6 Å². The summed E-state index contributed by atoms with van der Waals surface area (Å²) in [6, 6.07) is 11.9. The second-order valence-corrected chi connectivity index (χ2v) is 35.2. The maximum atomic E-state index is 12.2. The molecule has 250 valence electrons. The van der Waals surface area contributed by atoms with Crippen LogP contribution in [0.3, 0.4) is 0 Å². The maximum Gasteiger partial charge on any atom is 0.315 e. The van der Waals surface area contributed by atoms with Gasteiger partial charge >= 0.3 is 31.7 Å². The molecule has 3 unspecified atom stereocenters. The van der Waals surface area contributed by atoms with Gasteiger partial charge in [0, 0.05) is 6.42 Å². The fourth-order valence-corrected chi connectivity index (χ4v) is 29.6. The van der Waals surface area contributed by atoms with Gasteiger partial charge in [0.1, 0.15) is 6.61 Å². The van der Waals surface area contributed by atoms with Gasteiger partial charge in [-0.05, 0) is 89.0 Å². The summed E-state index contributed by atoms with van der Waals surface area (Å²) < 4.78 is 33.1. The molecule has 0 aliphatic heterocycles. The Morgan fingerprint density at radius 1 is 0.674 bits per heavy atom. The van der Waals surface area contributed by atoms with Crippen molar-refractivity contribution in [2.45, 2.75) is 156 Å². The van der Waals surface area contributed by atoms with Gasteiger partial charge in [0.2, 0.25) is 0 Å². The molecular formula is C32H66O6Si5. The molecule has 0 heterocycles. The number of carbonyl (C=O) groups is 1. The first-order valence-electron chi connectivity index (χ1n) is 16.8. The molecule has 3 atom stereocenters. The van der Waals surface area contributed by atoms with Gasteiger partial charge < -0.3 is 21.2 Å². The van der Waals surface area contributed by atoms with E-state index in [9.17, 15) is 4.79 Å². The summed E-state index contributed by atoms with van der Waals surface area (Å²) in [5.41, 5.74) is 1.03. The van der Waals surface area contributed by atoms with Crippen molar-refractivity contribution >= 4 is 48.3 Å². The minimum atomic E-state index is -2.48.